The minimum absolute atomic E-state index is 0.588. The van der Waals surface area contributed by atoms with Crippen LogP contribution in [0.5, 0.6) is 0 Å². The van der Waals surface area contributed by atoms with Crippen molar-refractivity contribution in [1.82, 2.24) is 4.90 Å². The molecule has 1 aliphatic rings. The molecular weight excluding hydrogens is 256 g/mol. The normalized spacial score (nSPS) is 16.6. The number of likely N-dealkylation sites (tertiary alicyclic amines) is 1. The molecule has 21 heavy (non-hydrogen) atoms. The predicted octanol–water partition coefficient (Wildman–Crippen LogP) is 3.93. The average Bonchev–Trinajstić information content (AvgIpc) is 2.51. The monoisotopic (exact) mass is 284 g/mol. The van der Waals surface area contributed by atoms with Gasteiger partial charge in [0.25, 0.3) is 0 Å². The highest BCUT2D eigenvalue weighted by molar-refractivity contribution is 5.45. The van der Waals surface area contributed by atoms with Crippen molar-refractivity contribution in [3.63, 3.8) is 0 Å². The van der Waals surface area contributed by atoms with Crippen LogP contribution < -0.4 is 5.32 Å². The second-order valence-corrected chi connectivity index (χ2v) is 6.05. The maximum Gasteiger partial charge on any atom is 0.0598 e. The number of piperidine rings is 1. The van der Waals surface area contributed by atoms with Crippen LogP contribution in [-0.4, -0.2) is 30.6 Å². The summed E-state index contributed by atoms with van der Waals surface area (Å²) in [5.74, 6) is 2.73. The van der Waals surface area contributed by atoms with Gasteiger partial charge < -0.3 is 5.32 Å². The number of hydrogen-bond donors (Lipinski definition) is 1. The summed E-state index contributed by atoms with van der Waals surface area (Å²) in [6.45, 7) is 5.26. The van der Waals surface area contributed by atoms with Crippen molar-refractivity contribution in [3.8, 4) is 12.3 Å². The fraction of sp³-hybridized carbons (Fsp3) is 0.579. The van der Waals surface area contributed by atoms with Crippen LogP contribution in [0.4, 0.5) is 5.69 Å². The van der Waals surface area contributed by atoms with Crippen molar-refractivity contribution in [3.05, 3.63) is 29.8 Å². The lowest BCUT2D eigenvalue weighted by Crippen LogP contribution is -2.39. The van der Waals surface area contributed by atoms with E-state index in [1.807, 2.05) is 0 Å². The topological polar surface area (TPSA) is 15.3 Å². The second kappa shape index (κ2) is 8.74. The molecule has 0 radical (unpaired) electrons. The Balaban J connectivity index is 1.75. The van der Waals surface area contributed by atoms with E-state index in [1.165, 1.54) is 49.8 Å². The molecule has 0 atom stereocenters. The van der Waals surface area contributed by atoms with Crippen LogP contribution in [0.15, 0.2) is 24.3 Å². The number of rotatable bonds is 7. The largest absolute Gasteiger partial charge is 0.382 e. The van der Waals surface area contributed by atoms with E-state index in [4.69, 9.17) is 6.42 Å². The van der Waals surface area contributed by atoms with Crippen LogP contribution in [-0.2, 0) is 6.42 Å². The highest BCUT2D eigenvalue weighted by atomic mass is 15.1. The number of nitrogens with zero attached hydrogens (tertiary/aromatic N) is 1. The molecule has 2 heteroatoms. The summed E-state index contributed by atoms with van der Waals surface area (Å²) in [6.07, 6.45) is 12.9. The van der Waals surface area contributed by atoms with E-state index < -0.39 is 0 Å². The average molecular weight is 284 g/mol. The Kier molecular flexibility index (Phi) is 6.63. The van der Waals surface area contributed by atoms with Crippen molar-refractivity contribution < 1.29 is 0 Å². The molecule has 0 aromatic heterocycles. The first kappa shape index (κ1) is 15.9. The number of unbranched alkanes of at least 4 members (excludes halogenated alkanes) is 2. The first-order valence-electron chi connectivity index (χ1n) is 8.33. The van der Waals surface area contributed by atoms with Gasteiger partial charge in [-0.05, 0) is 43.4 Å². The summed E-state index contributed by atoms with van der Waals surface area (Å²) in [5, 5.41) is 3.66. The molecule has 0 bridgehead atoms. The number of aryl methyl sites for hydroxylation is 1. The van der Waals surface area contributed by atoms with Crippen LogP contribution in [0.3, 0.4) is 0 Å². The maximum absolute atomic E-state index is 5.37. The molecule has 0 saturated carbocycles. The molecule has 1 aliphatic heterocycles. The Morgan fingerprint density at radius 1 is 1.19 bits per heavy atom. The Labute approximate surface area is 129 Å². The van der Waals surface area contributed by atoms with Crippen molar-refractivity contribution in [2.24, 2.45) is 0 Å². The molecule has 1 saturated heterocycles. The van der Waals surface area contributed by atoms with Crippen LogP contribution in [0.25, 0.3) is 0 Å². The molecule has 1 fully saturated rings. The molecule has 114 valence electrons. The molecular formula is C19H28N2. The van der Waals surface area contributed by atoms with Gasteiger partial charge in [0.1, 0.15) is 0 Å². The lowest BCUT2D eigenvalue weighted by atomic mass is 10.0. The molecule has 0 aliphatic carbocycles. The zero-order valence-corrected chi connectivity index (χ0v) is 13.3. The van der Waals surface area contributed by atoms with Gasteiger partial charge in [-0.3, -0.25) is 4.90 Å². The van der Waals surface area contributed by atoms with E-state index in [0.717, 1.165) is 19.6 Å². The van der Waals surface area contributed by atoms with E-state index in [1.54, 1.807) is 0 Å². The van der Waals surface area contributed by atoms with Crippen LogP contribution in [0, 0.1) is 12.3 Å². The van der Waals surface area contributed by atoms with Gasteiger partial charge in [0.15, 0.2) is 0 Å². The van der Waals surface area contributed by atoms with Gasteiger partial charge in [0.05, 0.1) is 6.54 Å². The third-order valence-electron chi connectivity index (χ3n) is 4.30. The van der Waals surface area contributed by atoms with Gasteiger partial charge in [-0.15, -0.1) is 6.42 Å². The third kappa shape index (κ3) is 5.44. The zero-order chi connectivity index (χ0) is 14.9. The van der Waals surface area contributed by atoms with Crippen LogP contribution in [0.2, 0.25) is 0 Å². The van der Waals surface area contributed by atoms with E-state index in [9.17, 15) is 0 Å². The third-order valence-corrected chi connectivity index (χ3v) is 4.30. The van der Waals surface area contributed by atoms with Crippen molar-refractivity contribution in [2.75, 3.05) is 25.0 Å². The van der Waals surface area contributed by atoms with Gasteiger partial charge in [-0.2, -0.15) is 0 Å². The minimum atomic E-state index is 0.588. The number of terminal acetylenes is 1. The van der Waals surface area contributed by atoms with Gasteiger partial charge in [-0.1, -0.05) is 37.8 Å². The standard InChI is InChI=1S/C19H28N2/c1-3-5-6-7-17-8-10-18(11-9-17)20-19-12-15-21(14-4-2)16-13-19/h2,8-11,19-20H,3,5-7,12-16H2,1H3. The van der Waals surface area contributed by atoms with Gasteiger partial charge >= 0.3 is 0 Å². The smallest absolute Gasteiger partial charge is 0.0598 e. The summed E-state index contributed by atoms with van der Waals surface area (Å²) in [5.41, 5.74) is 2.71. The first-order chi connectivity index (χ1) is 10.3. The Morgan fingerprint density at radius 2 is 1.90 bits per heavy atom. The quantitative estimate of drug-likeness (QED) is 0.603. The number of nitrogens with one attached hydrogen (secondary N) is 1. The molecule has 1 N–H and O–H groups in total. The lowest BCUT2D eigenvalue weighted by Gasteiger charge is -2.31. The predicted molar refractivity (Wildman–Crippen MR) is 91.6 cm³/mol. The van der Waals surface area contributed by atoms with Crippen LogP contribution in [0.1, 0.15) is 44.6 Å². The van der Waals surface area contributed by atoms with E-state index >= 15 is 0 Å². The first-order valence-corrected chi connectivity index (χ1v) is 8.33. The number of anilines is 1. The fourth-order valence-corrected chi connectivity index (χ4v) is 2.95. The maximum atomic E-state index is 5.37. The molecule has 0 unspecified atom stereocenters. The summed E-state index contributed by atoms with van der Waals surface area (Å²) in [7, 11) is 0. The zero-order valence-electron chi connectivity index (χ0n) is 13.3. The highest BCUT2D eigenvalue weighted by Gasteiger charge is 2.17. The van der Waals surface area contributed by atoms with E-state index in [-0.39, 0.29) is 0 Å². The van der Waals surface area contributed by atoms with Crippen LogP contribution >= 0.6 is 0 Å². The Morgan fingerprint density at radius 3 is 2.52 bits per heavy atom. The Hall–Kier alpha value is -1.46. The second-order valence-electron chi connectivity index (χ2n) is 6.05. The molecule has 1 aromatic rings. The fourth-order valence-electron chi connectivity index (χ4n) is 2.95. The molecule has 1 aromatic carbocycles. The summed E-state index contributed by atoms with van der Waals surface area (Å²) in [6, 6.07) is 9.59. The summed E-state index contributed by atoms with van der Waals surface area (Å²) in [4.78, 5) is 2.36. The number of hydrogen-bond acceptors (Lipinski definition) is 2. The molecule has 2 rings (SSSR count). The SMILES string of the molecule is C#CCN1CCC(Nc2ccc(CCCCC)cc2)CC1. The minimum Gasteiger partial charge on any atom is -0.382 e. The van der Waals surface area contributed by atoms with Gasteiger partial charge in [-0.25, -0.2) is 0 Å². The van der Waals surface area contributed by atoms with E-state index in [2.05, 4.69) is 47.3 Å². The van der Waals surface area contributed by atoms with Gasteiger partial charge in [0, 0.05) is 24.8 Å². The van der Waals surface area contributed by atoms with Crippen molar-refractivity contribution in [1.29, 1.82) is 0 Å². The van der Waals surface area contributed by atoms with Crippen molar-refractivity contribution >= 4 is 5.69 Å². The summed E-state index contributed by atoms with van der Waals surface area (Å²) < 4.78 is 0. The van der Waals surface area contributed by atoms with Crippen molar-refractivity contribution in [2.45, 2.75) is 51.5 Å². The van der Waals surface area contributed by atoms with E-state index in [0.29, 0.717) is 6.04 Å². The van der Waals surface area contributed by atoms with Gasteiger partial charge in [0.2, 0.25) is 0 Å². The highest BCUT2D eigenvalue weighted by Crippen LogP contribution is 2.18. The number of benzene rings is 1. The molecule has 0 spiro atoms. The molecule has 2 nitrogen and oxygen atoms in total. The Bertz CT molecular complexity index is 436. The molecule has 1 heterocycles. The lowest BCUT2D eigenvalue weighted by molar-refractivity contribution is 0.243. The summed E-state index contributed by atoms with van der Waals surface area (Å²) >= 11 is 0. The molecule has 0 amide bonds.